The molecule has 0 bridgehead atoms. The van der Waals surface area contributed by atoms with Crippen LogP contribution < -0.4 is 15.5 Å². The number of hydrogen-bond donors (Lipinski definition) is 2. The van der Waals surface area contributed by atoms with Crippen molar-refractivity contribution < 1.29 is 9.59 Å². The topological polar surface area (TPSA) is 64.7 Å². The summed E-state index contributed by atoms with van der Waals surface area (Å²) >= 11 is 0. The molecule has 6 nitrogen and oxygen atoms in total. The molecule has 0 spiro atoms. The molecule has 0 aliphatic carbocycles. The first-order valence-corrected chi connectivity index (χ1v) is 12.6. The zero-order chi connectivity index (χ0) is 25.7. The summed E-state index contributed by atoms with van der Waals surface area (Å²) in [6.07, 6.45) is 0.968. The summed E-state index contributed by atoms with van der Waals surface area (Å²) in [6.45, 7) is 11.5. The molecule has 36 heavy (non-hydrogen) atoms. The molecule has 1 aliphatic heterocycles. The van der Waals surface area contributed by atoms with E-state index in [0.717, 1.165) is 42.1 Å². The van der Waals surface area contributed by atoms with E-state index in [2.05, 4.69) is 55.4 Å². The summed E-state index contributed by atoms with van der Waals surface area (Å²) in [5.41, 5.74) is 5.85. The predicted molar refractivity (Wildman–Crippen MR) is 148 cm³/mol. The minimum absolute atomic E-state index is 0.0722. The second kappa shape index (κ2) is 10.9. The van der Waals surface area contributed by atoms with Crippen LogP contribution in [0.25, 0.3) is 0 Å². The Morgan fingerprint density at radius 1 is 0.750 bits per heavy atom. The zero-order valence-electron chi connectivity index (χ0n) is 21.7. The molecule has 0 atom stereocenters. The minimum Gasteiger partial charge on any atom is -0.368 e. The number of rotatable bonds is 5. The third-order valence-electron chi connectivity index (χ3n) is 6.68. The molecule has 0 radical (unpaired) electrons. The quantitative estimate of drug-likeness (QED) is 0.456. The molecule has 3 amide bonds. The number of hydrogen-bond acceptors (Lipinski definition) is 3. The van der Waals surface area contributed by atoms with Crippen molar-refractivity contribution in [3.63, 3.8) is 0 Å². The molecule has 4 rings (SSSR count). The number of aryl methyl sites for hydroxylation is 1. The molecule has 0 aromatic heterocycles. The lowest BCUT2D eigenvalue weighted by molar-refractivity contribution is 0.0746. The van der Waals surface area contributed by atoms with E-state index in [9.17, 15) is 9.59 Å². The zero-order valence-corrected chi connectivity index (χ0v) is 21.7. The van der Waals surface area contributed by atoms with Gasteiger partial charge in [-0.1, -0.05) is 52.0 Å². The van der Waals surface area contributed by atoms with Gasteiger partial charge in [-0.15, -0.1) is 0 Å². The summed E-state index contributed by atoms with van der Waals surface area (Å²) in [5, 5.41) is 5.74. The van der Waals surface area contributed by atoms with Gasteiger partial charge in [-0.25, -0.2) is 4.79 Å². The molecule has 2 N–H and O–H groups in total. The standard InChI is InChI=1S/C30H36N4O2/c1-5-22-6-12-25(13-7-22)31-29(36)32-26-14-16-27(17-15-26)33-18-20-34(21-19-33)28(35)23-8-10-24(11-9-23)30(2,3)4/h6-17H,5,18-21H2,1-4H3,(H2,31,32,36). The summed E-state index contributed by atoms with van der Waals surface area (Å²) in [6, 6.07) is 23.4. The molecule has 1 heterocycles. The minimum atomic E-state index is -0.269. The highest BCUT2D eigenvalue weighted by Gasteiger charge is 2.23. The van der Waals surface area contributed by atoms with Gasteiger partial charge in [0.1, 0.15) is 0 Å². The van der Waals surface area contributed by atoms with Crippen LogP contribution >= 0.6 is 0 Å². The van der Waals surface area contributed by atoms with E-state index >= 15 is 0 Å². The molecule has 188 valence electrons. The average molecular weight is 485 g/mol. The molecule has 1 aliphatic rings. The van der Waals surface area contributed by atoms with Crippen molar-refractivity contribution in [2.24, 2.45) is 0 Å². The number of urea groups is 1. The van der Waals surface area contributed by atoms with Gasteiger partial charge in [-0.05, 0) is 71.5 Å². The Morgan fingerprint density at radius 2 is 1.28 bits per heavy atom. The Bertz CT molecular complexity index is 1170. The van der Waals surface area contributed by atoms with Crippen LogP contribution in [-0.2, 0) is 11.8 Å². The van der Waals surface area contributed by atoms with Crippen molar-refractivity contribution in [2.75, 3.05) is 41.7 Å². The lowest BCUT2D eigenvalue weighted by Gasteiger charge is -2.36. The van der Waals surface area contributed by atoms with Crippen LogP contribution in [-0.4, -0.2) is 43.0 Å². The number of piperazine rings is 1. The van der Waals surface area contributed by atoms with Crippen LogP contribution in [0.5, 0.6) is 0 Å². The Hall–Kier alpha value is -3.80. The van der Waals surface area contributed by atoms with E-state index in [4.69, 9.17) is 0 Å². The molecule has 1 fully saturated rings. The van der Waals surface area contributed by atoms with Crippen molar-refractivity contribution >= 4 is 29.0 Å². The van der Waals surface area contributed by atoms with Gasteiger partial charge in [-0.2, -0.15) is 0 Å². The monoisotopic (exact) mass is 484 g/mol. The average Bonchev–Trinajstić information content (AvgIpc) is 2.89. The second-order valence-electron chi connectivity index (χ2n) is 10.3. The Kier molecular flexibility index (Phi) is 7.63. The van der Waals surface area contributed by atoms with Crippen LogP contribution in [0.15, 0.2) is 72.8 Å². The fraction of sp³-hybridized carbons (Fsp3) is 0.333. The smallest absolute Gasteiger partial charge is 0.323 e. The SMILES string of the molecule is CCc1ccc(NC(=O)Nc2ccc(N3CCN(C(=O)c4ccc(C(C)(C)C)cc4)CC3)cc2)cc1. The Labute approximate surface area is 214 Å². The number of carbonyl (C=O) groups is 2. The molecular weight excluding hydrogens is 448 g/mol. The Morgan fingerprint density at radius 3 is 1.78 bits per heavy atom. The largest absolute Gasteiger partial charge is 0.368 e. The van der Waals surface area contributed by atoms with E-state index in [0.29, 0.717) is 13.1 Å². The van der Waals surface area contributed by atoms with Gasteiger partial charge >= 0.3 is 6.03 Å². The highest BCUT2D eigenvalue weighted by atomic mass is 16.2. The highest BCUT2D eigenvalue weighted by molar-refractivity contribution is 5.99. The summed E-state index contributed by atoms with van der Waals surface area (Å²) < 4.78 is 0. The molecular formula is C30H36N4O2. The predicted octanol–water partition coefficient (Wildman–Crippen LogP) is 6.15. The number of benzene rings is 3. The number of nitrogens with zero attached hydrogens (tertiary/aromatic N) is 2. The second-order valence-corrected chi connectivity index (χ2v) is 10.3. The number of anilines is 3. The first-order valence-electron chi connectivity index (χ1n) is 12.6. The van der Waals surface area contributed by atoms with E-state index in [1.165, 1.54) is 11.1 Å². The maximum absolute atomic E-state index is 13.0. The van der Waals surface area contributed by atoms with Crippen LogP contribution in [0, 0.1) is 0 Å². The maximum atomic E-state index is 13.0. The van der Waals surface area contributed by atoms with Gasteiger partial charge in [0.2, 0.25) is 0 Å². The van der Waals surface area contributed by atoms with Gasteiger partial charge in [-0.3, -0.25) is 4.79 Å². The van der Waals surface area contributed by atoms with Crippen molar-refractivity contribution in [3.8, 4) is 0 Å². The van der Waals surface area contributed by atoms with E-state index in [1.807, 2.05) is 65.6 Å². The summed E-state index contributed by atoms with van der Waals surface area (Å²) in [7, 11) is 0. The molecule has 0 unspecified atom stereocenters. The fourth-order valence-corrected chi connectivity index (χ4v) is 4.34. The van der Waals surface area contributed by atoms with Gasteiger partial charge in [0.25, 0.3) is 5.91 Å². The van der Waals surface area contributed by atoms with Crippen LogP contribution in [0.1, 0.15) is 49.2 Å². The van der Waals surface area contributed by atoms with Gasteiger partial charge < -0.3 is 20.4 Å². The first-order chi connectivity index (χ1) is 17.2. The van der Waals surface area contributed by atoms with Gasteiger partial charge in [0.15, 0.2) is 0 Å². The van der Waals surface area contributed by atoms with Gasteiger partial charge in [0, 0.05) is 48.8 Å². The van der Waals surface area contributed by atoms with Gasteiger partial charge in [0.05, 0.1) is 0 Å². The molecule has 0 saturated carbocycles. The lowest BCUT2D eigenvalue weighted by Crippen LogP contribution is -2.48. The van der Waals surface area contributed by atoms with E-state index in [-0.39, 0.29) is 17.4 Å². The highest BCUT2D eigenvalue weighted by Crippen LogP contribution is 2.24. The lowest BCUT2D eigenvalue weighted by atomic mass is 9.86. The molecule has 6 heteroatoms. The normalized spacial score (nSPS) is 13.9. The van der Waals surface area contributed by atoms with Crippen LogP contribution in [0.3, 0.4) is 0 Å². The van der Waals surface area contributed by atoms with E-state index < -0.39 is 0 Å². The summed E-state index contributed by atoms with van der Waals surface area (Å²) in [5.74, 6) is 0.0880. The van der Waals surface area contributed by atoms with Crippen LogP contribution in [0.4, 0.5) is 21.9 Å². The van der Waals surface area contributed by atoms with Crippen molar-refractivity contribution in [3.05, 3.63) is 89.5 Å². The number of nitrogens with one attached hydrogen (secondary N) is 2. The van der Waals surface area contributed by atoms with E-state index in [1.54, 1.807) is 0 Å². The van der Waals surface area contributed by atoms with Crippen molar-refractivity contribution in [1.82, 2.24) is 4.90 Å². The third kappa shape index (κ3) is 6.25. The van der Waals surface area contributed by atoms with Crippen molar-refractivity contribution in [2.45, 2.75) is 39.5 Å². The fourth-order valence-electron chi connectivity index (χ4n) is 4.34. The molecule has 3 aromatic carbocycles. The Balaban J connectivity index is 1.28. The van der Waals surface area contributed by atoms with Crippen LogP contribution in [0.2, 0.25) is 0 Å². The number of carbonyl (C=O) groups excluding carboxylic acids is 2. The third-order valence-corrected chi connectivity index (χ3v) is 6.68. The molecule has 3 aromatic rings. The van der Waals surface area contributed by atoms with Crippen molar-refractivity contribution in [1.29, 1.82) is 0 Å². The first kappa shape index (κ1) is 25.3. The number of amides is 3. The maximum Gasteiger partial charge on any atom is 0.323 e. The molecule has 1 saturated heterocycles. The summed E-state index contributed by atoms with van der Waals surface area (Å²) in [4.78, 5) is 29.5.